The molecule has 0 spiro atoms. The van der Waals surface area contributed by atoms with E-state index in [1.807, 2.05) is 25.2 Å². The number of rotatable bonds is 3. The van der Waals surface area contributed by atoms with Gasteiger partial charge in [-0.15, -0.1) is 12.3 Å². The van der Waals surface area contributed by atoms with E-state index in [9.17, 15) is 0 Å². The number of nitrogens with zero attached hydrogens (tertiary/aromatic N) is 1. The first-order valence-electron chi connectivity index (χ1n) is 3.90. The van der Waals surface area contributed by atoms with Crippen LogP contribution in [-0.2, 0) is 0 Å². The highest BCUT2D eigenvalue weighted by Crippen LogP contribution is 2.11. The summed E-state index contributed by atoms with van der Waals surface area (Å²) in [4.78, 5) is 4.21. The summed E-state index contributed by atoms with van der Waals surface area (Å²) in [5.41, 5.74) is 0.998. The van der Waals surface area contributed by atoms with Crippen LogP contribution in [-0.4, -0.2) is 12.0 Å². The standard InChI is InChI=1S/C10H12N2/c1-3-6-9(11-2)10-7-4-5-8-12-10/h1,4-5,7-9,11H,6H2,2H3. The van der Waals surface area contributed by atoms with E-state index < -0.39 is 0 Å². The van der Waals surface area contributed by atoms with Crippen molar-refractivity contribution in [3.63, 3.8) is 0 Å². The number of hydrogen-bond donors (Lipinski definition) is 1. The first-order chi connectivity index (χ1) is 5.88. The van der Waals surface area contributed by atoms with Crippen LogP contribution in [0, 0.1) is 12.3 Å². The molecule has 1 N–H and O–H groups in total. The van der Waals surface area contributed by atoms with Crippen molar-refractivity contribution in [3.05, 3.63) is 30.1 Å². The number of pyridine rings is 1. The molecule has 0 saturated carbocycles. The van der Waals surface area contributed by atoms with E-state index >= 15 is 0 Å². The molecule has 0 bridgehead atoms. The molecule has 0 saturated heterocycles. The lowest BCUT2D eigenvalue weighted by Gasteiger charge is -2.11. The van der Waals surface area contributed by atoms with Crippen LogP contribution in [0.25, 0.3) is 0 Å². The Morgan fingerprint density at radius 3 is 3.00 bits per heavy atom. The van der Waals surface area contributed by atoms with E-state index in [-0.39, 0.29) is 6.04 Å². The topological polar surface area (TPSA) is 24.9 Å². The maximum Gasteiger partial charge on any atom is 0.0603 e. The van der Waals surface area contributed by atoms with Gasteiger partial charge in [-0.2, -0.15) is 0 Å². The fraction of sp³-hybridized carbons (Fsp3) is 0.300. The van der Waals surface area contributed by atoms with Gasteiger partial charge in [0.25, 0.3) is 0 Å². The van der Waals surface area contributed by atoms with Crippen molar-refractivity contribution < 1.29 is 0 Å². The average molecular weight is 160 g/mol. The predicted molar refractivity (Wildman–Crippen MR) is 49.5 cm³/mol. The molecule has 1 unspecified atom stereocenters. The maximum atomic E-state index is 5.22. The maximum absolute atomic E-state index is 5.22. The summed E-state index contributed by atoms with van der Waals surface area (Å²) < 4.78 is 0. The lowest BCUT2D eigenvalue weighted by molar-refractivity contribution is 0.594. The second kappa shape index (κ2) is 4.53. The zero-order chi connectivity index (χ0) is 8.81. The van der Waals surface area contributed by atoms with E-state index in [4.69, 9.17) is 6.42 Å². The molecule has 2 nitrogen and oxygen atoms in total. The lowest BCUT2D eigenvalue weighted by Crippen LogP contribution is -2.16. The normalized spacial score (nSPS) is 12.0. The van der Waals surface area contributed by atoms with Gasteiger partial charge in [0.2, 0.25) is 0 Å². The van der Waals surface area contributed by atoms with E-state index in [1.165, 1.54) is 0 Å². The summed E-state index contributed by atoms with van der Waals surface area (Å²) >= 11 is 0. The largest absolute Gasteiger partial charge is 0.311 e. The van der Waals surface area contributed by atoms with Gasteiger partial charge in [0, 0.05) is 12.6 Å². The van der Waals surface area contributed by atoms with Gasteiger partial charge in [-0.05, 0) is 19.2 Å². The second-order valence-corrected chi connectivity index (χ2v) is 2.50. The van der Waals surface area contributed by atoms with Gasteiger partial charge in [0.1, 0.15) is 0 Å². The molecular weight excluding hydrogens is 148 g/mol. The zero-order valence-corrected chi connectivity index (χ0v) is 7.12. The number of aromatic nitrogens is 1. The van der Waals surface area contributed by atoms with E-state index in [1.54, 1.807) is 6.20 Å². The van der Waals surface area contributed by atoms with Gasteiger partial charge in [0.15, 0.2) is 0 Å². The van der Waals surface area contributed by atoms with Crippen molar-refractivity contribution in [1.29, 1.82) is 0 Å². The molecule has 12 heavy (non-hydrogen) atoms. The number of hydrogen-bond acceptors (Lipinski definition) is 2. The van der Waals surface area contributed by atoms with Crippen LogP contribution < -0.4 is 5.32 Å². The SMILES string of the molecule is C#CCC(NC)c1ccccn1. The second-order valence-electron chi connectivity index (χ2n) is 2.50. The van der Waals surface area contributed by atoms with Gasteiger partial charge in [-0.25, -0.2) is 0 Å². The molecule has 0 amide bonds. The van der Waals surface area contributed by atoms with Gasteiger partial charge in [0.05, 0.1) is 11.7 Å². The Balaban J connectivity index is 2.75. The highest BCUT2D eigenvalue weighted by molar-refractivity contribution is 5.10. The van der Waals surface area contributed by atoms with Crippen LogP contribution in [0.3, 0.4) is 0 Å². The molecule has 1 rings (SSSR count). The minimum Gasteiger partial charge on any atom is -0.311 e. The molecule has 0 aliphatic rings. The Labute approximate surface area is 73.0 Å². The van der Waals surface area contributed by atoms with Crippen molar-refractivity contribution in [2.45, 2.75) is 12.5 Å². The van der Waals surface area contributed by atoms with Crippen LogP contribution >= 0.6 is 0 Å². The number of terminal acetylenes is 1. The van der Waals surface area contributed by atoms with E-state index in [0.717, 1.165) is 5.69 Å². The molecule has 1 atom stereocenters. The van der Waals surface area contributed by atoms with E-state index in [0.29, 0.717) is 6.42 Å². The van der Waals surface area contributed by atoms with Crippen molar-refractivity contribution in [1.82, 2.24) is 10.3 Å². The smallest absolute Gasteiger partial charge is 0.0603 e. The summed E-state index contributed by atoms with van der Waals surface area (Å²) in [5.74, 6) is 2.61. The third kappa shape index (κ3) is 2.08. The van der Waals surface area contributed by atoms with Crippen LogP contribution in [0.4, 0.5) is 0 Å². The zero-order valence-electron chi connectivity index (χ0n) is 7.12. The minimum absolute atomic E-state index is 0.177. The molecule has 2 heteroatoms. The van der Waals surface area contributed by atoms with Crippen molar-refractivity contribution in [2.24, 2.45) is 0 Å². The highest BCUT2D eigenvalue weighted by atomic mass is 14.9. The van der Waals surface area contributed by atoms with Crippen LogP contribution in [0.5, 0.6) is 0 Å². The Kier molecular flexibility index (Phi) is 3.31. The van der Waals surface area contributed by atoms with Crippen LogP contribution in [0.1, 0.15) is 18.2 Å². The third-order valence-corrected chi connectivity index (χ3v) is 1.72. The first kappa shape index (κ1) is 8.76. The highest BCUT2D eigenvalue weighted by Gasteiger charge is 2.06. The van der Waals surface area contributed by atoms with Gasteiger partial charge in [-0.3, -0.25) is 4.98 Å². The van der Waals surface area contributed by atoms with Crippen LogP contribution in [0.2, 0.25) is 0 Å². The Morgan fingerprint density at radius 2 is 2.50 bits per heavy atom. The summed E-state index contributed by atoms with van der Waals surface area (Å²) in [5, 5.41) is 3.11. The van der Waals surface area contributed by atoms with Crippen molar-refractivity contribution in [2.75, 3.05) is 7.05 Å². The molecular formula is C10H12N2. The van der Waals surface area contributed by atoms with Gasteiger partial charge < -0.3 is 5.32 Å². The lowest BCUT2D eigenvalue weighted by atomic mass is 10.1. The third-order valence-electron chi connectivity index (χ3n) is 1.72. The molecule has 0 fully saturated rings. The summed E-state index contributed by atoms with van der Waals surface area (Å²) in [6, 6.07) is 6.00. The van der Waals surface area contributed by atoms with Gasteiger partial charge in [-0.1, -0.05) is 6.07 Å². The average Bonchev–Trinajstić information content (AvgIpc) is 2.15. The minimum atomic E-state index is 0.177. The quantitative estimate of drug-likeness (QED) is 0.675. The fourth-order valence-corrected chi connectivity index (χ4v) is 1.05. The van der Waals surface area contributed by atoms with Crippen LogP contribution in [0.15, 0.2) is 24.4 Å². The van der Waals surface area contributed by atoms with Crippen molar-refractivity contribution >= 4 is 0 Å². The predicted octanol–water partition coefficient (Wildman–Crippen LogP) is 1.37. The Hall–Kier alpha value is -1.33. The van der Waals surface area contributed by atoms with Crippen molar-refractivity contribution in [3.8, 4) is 12.3 Å². The fourth-order valence-electron chi connectivity index (χ4n) is 1.05. The van der Waals surface area contributed by atoms with E-state index in [2.05, 4.69) is 16.2 Å². The molecule has 62 valence electrons. The monoisotopic (exact) mass is 160 g/mol. The summed E-state index contributed by atoms with van der Waals surface area (Å²) in [6.07, 6.45) is 7.67. The molecule has 1 aromatic heterocycles. The Morgan fingerprint density at radius 1 is 1.67 bits per heavy atom. The molecule has 0 radical (unpaired) electrons. The number of nitrogens with one attached hydrogen (secondary N) is 1. The Bertz CT molecular complexity index is 261. The molecule has 0 aliphatic heterocycles. The molecule has 0 aromatic carbocycles. The van der Waals surface area contributed by atoms with Gasteiger partial charge >= 0.3 is 0 Å². The summed E-state index contributed by atoms with van der Waals surface area (Å²) in [7, 11) is 1.89. The molecule has 1 aromatic rings. The first-order valence-corrected chi connectivity index (χ1v) is 3.90. The molecule has 1 heterocycles. The molecule has 0 aliphatic carbocycles. The summed E-state index contributed by atoms with van der Waals surface area (Å²) in [6.45, 7) is 0.